The zero-order valence-corrected chi connectivity index (χ0v) is 12.5. The van der Waals surface area contributed by atoms with Crippen LogP contribution in [-0.4, -0.2) is 11.1 Å². The molecule has 2 rings (SSSR count). The van der Waals surface area contributed by atoms with Gasteiger partial charge in [0, 0.05) is 17.6 Å². The third-order valence-electron chi connectivity index (χ3n) is 4.49. The number of nitrogens with one attached hydrogen (secondary N) is 1. The van der Waals surface area contributed by atoms with E-state index in [0.717, 1.165) is 5.92 Å². The molecule has 1 saturated carbocycles. The molecule has 20 heavy (non-hydrogen) atoms. The molecule has 3 heteroatoms. The van der Waals surface area contributed by atoms with Crippen LogP contribution in [0.4, 0.5) is 4.39 Å². The van der Waals surface area contributed by atoms with Crippen molar-refractivity contribution in [3.8, 4) is 5.75 Å². The highest BCUT2D eigenvalue weighted by Crippen LogP contribution is 2.30. The number of phenolic OH excluding ortho intramolecular Hbond substituents is 1. The number of aromatic hydroxyl groups is 1. The maximum Gasteiger partial charge on any atom is 0.123 e. The van der Waals surface area contributed by atoms with Crippen LogP contribution in [0.15, 0.2) is 18.2 Å². The van der Waals surface area contributed by atoms with Gasteiger partial charge < -0.3 is 10.4 Å². The molecule has 1 aromatic rings. The van der Waals surface area contributed by atoms with Crippen molar-refractivity contribution in [2.24, 2.45) is 5.92 Å². The molecule has 0 bridgehead atoms. The van der Waals surface area contributed by atoms with Crippen LogP contribution < -0.4 is 5.32 Å². The zero-order valence-electron chi connectivity index (χ0n) is 12.5. The summed E-state index contributed by atoms with van der Waals surface area (Å²) in [6.07, 6.45) is 7.56. The summed E-state index contributed by atoms with van der Waals surface area (Å²) < 4.78 is 13.3. The van der Waals surface area contributed by atoms with Gasteiger partial charge in [0.1, 0.15) is 11.6 Å². The SMILES string of the molecule is CCCC1CCC(NC(C)c2cc(F)ccc2O)CC1. The number of benzene rings is 1. The van der Waals surface area contributed by atoms with E-state index in [0.29, 0.717) is 11.6 Å². The van der Waals surface area contributed by atoms with Gasteiger partial charge in [0.05, 0.1) is 0 Å². The van der Waals surface area contributed by atoms with E-state index in [4.69, 9.17) is 0 Å². The van der Waals surface area contributed by atoms with Crippen molar-refractivity contribution in [3.63, 3.8) is 0 Å². The fourth-order valence-corrected chi connectivity index (χ4v) is 3.34. The first-order valence-corrected chi connectivity index (χ1v) is 7.84. The Morgan fingerprint density at radius 2 is 2.00 bits per heavy atom. The smallest absolute Gasteiger partial charge is 0.123 e. The summed E-state index contributed by atoms with van der Waals surface area (Å²) in [5.41, 5.74) is 0.653. The summed E-state index contributed by atoms with van der Waals surface area (Å²) in [5.74, 6) is 0.764. The minimum atomic E-state index is -0.293. The lowest BCUT2D eigenvalue weighted by Crippen LogP contribution is -2.35. The van der Waals surface area contributed by atoms with Crippen molar-refractivity contribution in [1.29, 1.82) is 0 Å². The van der Waals surface area contributed by atoms with Crippen molar-refractivity contribution in [2.45, 2.75) is 64.5 Å². The monoisotopic (exact) mass is 279 g/mol. The first-order valence-electron chi connectivity index (χ1n) is 7.84. The number of hydrogen-bond acceptors (Lipinski definition) is 2. The molecule has 0 radical (unpaired) electrons. The Balaban J connectivity index is 1.89. The predicted molar refractivity (Wildman–Crippen MR) is 80.3 cm³/mol. The fourth-order valence-electron chi connectivity index (χ4n) is 3.34. The van der Waals surface area contributed by atoms with Crippen LogP contribution in [0.1, 0.15) is 64.0 Å². The average Bonchev–Trinajstić information content (AvgIpc) is 2.44. The highest BCUT2D eigenvalue weighted by molar-refractivity contribution is 5.34. The summed E-state index contributed by atoms with van der Waals surface area (Å²) in [7, 11) is 0. The molecule has 0 amide bonds. The molecule has 1 aromatic carbocycles. The summed E-state index contributed by atoms with van der Waals surface area (Å²) in [6.45, 7) is 4.24. The summed E-state index contributed by atoms with van der Waals surface area (Å²) in [6, 6.07) is 4.62. The highest BCUT2D eigenvalue weighted by atomic mass is 19.1. The van der Waals surface area contributed by atoms with E-state index in [1.165, 1.54) is 56.7 Å². The van der Waals surface area contributed by atoms with Gasteiger partial charge in [-0.05, 0) is 56.7 Å². The van der Waals surface area contributed by atoms with E-state index < -0.39 is 0 Å². The number of hydrogen-bond donors (Lipinski definition) is 2. The summed E-state index contributed by atoms with van der Waals surface area (Å²) in [5, 5.41) is 13.4. The van der Waals surface area contributed by atoms with E-state index in [1.54, 1.807) is 0 Å². The van der Waals surface area contributed by atoms with E-state index in [9.17, 15) is 9.50 Å². The van der Waals surface area contributed by atoms with Crippen LogP contribution in [0, 0.1) is 11.7 Å². The average molecular weight is 279 g/mol. The first-order chi connectivity index (χ1) is 9.60. The topological polar surface area (TPSA) is 32.3 Å². The molecule has 1 aliphatic carbocycles. The molecular formula is C17H26FNO. The highest BCUT2D eigenvalue weighted by Gasteiger charge is 2.22. The molecule has 1 fully saturated rings. The van der Waals surface area contributed by atoms with Crippen molar-refractivity contribution in [2.75, 3.05) is 0 Å². The Morgan fingerprint density at radius 1 is 1.30 bits per heavy atom. The molecule has 1 atom stereocenters. The van der Waals surface area contributed by atoms with Crippen LogP contribution in [0.5, 0.6) is 5.75 Å². The predicted octanol–water partition coefficient (Wildman–Crippen LogP) is 4.54. The second-order valence-electron chi connectivity index (χ2n) is 6.10. The van der Waals surface area contributed by atoms with Crippen LogP contribution in [0.2, 0.25) is 0 Å². The minimum Gasteiger partial charge on any atom is -0.508 e. The molecule has 2 nitrogen and oxygen atoms in total. The zero-order chi connectivity index (χ0) is 14.5. The second kappa shape index (κ2) is 7.07. The van der Waals surface area contributed by atoms with Gasteiger partial charge in [0.15, 0.2) is 0 Å². The van der Waals surface area contributed by atoms with Gasteiger partial charge in [-0.1, -0.05) is 19.8 Å². The largest absolute Gasteiger partial charge is 0.508 e. The third kappa shape index (κ3) is 3.95. The molecule has 0 aromatic heterocycles. The first kappa shape index (κ1) is 15.3. The maximum atomic E-state index is 13.3. The Morgan fingerprint density at radius 3 is 2.65 bits per heavy atom. The van der Waals surface area contributed by atoms with Gasteiger partial charge >= 0.3 is 0 Å². The number of rotatable bonds is 5. The van der Waals surface area contributed by atoms with Crippen LogP contribution in [0.3, 0.4) is 0 Å². The normalized spacial score (nSPS) is 24.6. The molecule has 2 N–H and O–H groups in total. The second-order valence-corrected chi connectivity index (χ2v) is 6.10. The number of phenols is 1. The summed E-state index contributed by atoms with van der Waals surface area (Å²) >= 11 is 0. The van der Waals surface area contributed by atoms with E-state index in [1.807, 2.05) is 6.92 Å². The summed E-state index contributed by atoms with van der Waals surface area (Å²) in [4.78, 5) is 0. The quantitative estimate of drug-likeness (QED) is 0.829. The molecule has 0 heterocycles. The van der Waals surface area contributed by atoms with Gasteiger partial charge in [0.2, 0.25) is 0 Å². The van der Waals surface area contributed by atoms with Crippen molar-refractivity contribution in [3.05, 3.63) is 29.6 Å². The van der Waals surface area contributed by atoms with Crippen LogP contribution >= 0.6 is 0 Å². The Kier molecular flexibility index (Phi) is 5.41. The molecule has 112 valence electrons. The lowest BCUT2D eigenvalue weighted by Gasteiger charge is -2.31. The van der Waals surface area contributed by atoms with E-state index >= 15 is 0 Å². The third-order valence-corrected chi connectivity index (χ3v) is 4.49. The Bertz CT molecular complexity index is 427. The molecule has 0 saturated heterocycles. The fraction of sp³-hybridized carbons (Fsp3) is 0.647. The van der Waals surface area contributed by atoms with Gasteiger partial charge in [-0.15, -0.1) is 0 Å². The lowest BCUT2D eigenvalue weighted by atomic mass is 9.83. The standard InChI is InChI=1S/C17H26FNO/c1-3-4-13-5-8-15(9-6-13)19-12(2)16-11-14(18)7-10-17(16)20/h7,10-13,15,19-20H,3-6,8-9H2,1-2H3. The van der Waals surface area contributed by atoms with E-state index in [2.05, 4.69) is 12.2 Å². The van der Waals surface area contributed by atoms with Gasteiger partial charge in [-0.3, -0.25) is 0 Å². The van der Waals surface area contributed by atoms with Crippen LogP contribution in [-0.2, 0) is 0 Å². The minimum absolute atomic E-state index is 0.0153. The van der Waals surface area contributed by atoms with Crippen molar-refractivity contribution >= 4 is 0 Å². The molecule has 1 unspecified atom stereocenters. The Hall–Kier alpha value is -1.09. The molecule has 1 aliphatic rings. The molecule has 0 aliphatic heterocycles. The van der Waals surface area contributed by atoms with E-state index in [-0.39, 0.29) is 17.6 Å². The van der Waals surface area contributed by atoms with Gasteiger partial charge in [-0.2, -0.15) is 0 Å². The maximum absolute atomic E-state index is 13.3. The van der Waals surface area contributed by atoms with Gasteiger partial charge in [0.25, 0.3) is 0 Å². The van der Waals surface area contributed by atoms with Crippen molar-refractivity contribution in [1.82, 2.24) is 5.32 Å². The van der Waals surface area contributed by atoms with Gasteiger partial charge in [-0.25, -0.2) is 4.39 Å². The number of halogens is 1. The Labute approximate surface area is 121 Å². The lowest BCUT2D eigenvalue weighted by molar-refractivity contribution is 0.265. The molecular weight excluding hydrogens is 253 g/mol. The van der Waals surface area contributed by atoms with Crippen molar-refractivity contribution < 1.29 is 9.50 Å². The molecule has 0 spiro atoms. The van der Waals surface area contributed by atoms with Crippen LogP contribution in [0.25, 0.3) is 0 Å².